The molecule has 0 unspecified atom stereocenters. The van der Waals surface area contributed by atoms with Crippen molar-refractivity contribution in [2.45, 2.75) is 46.0 Å². The average molecular weight is 306 g/mol. The van der Waals surface area contributed by atoms with Gasteiger partial charge in [-0.05, 0) is 33.1 Å². The number of aryl methyl sites for hydroxylation is 1. The number of rotatable bonds is 5. The average Bonchev–Trinajstić information content (AvgIpc) is 3.29. The van der Waals surface area contributed by atoms with E-state index in [4.69, 9.17) is 11.6 Å². The zero-order valence-electron chi connectivity index (χ0n) is 12.6. The predicted octanol–water partition coefficient (Wildman–Crippen LogP) is 3.63. The van der Waals surface area contributed by atoms with Crippen molar-refractivity contribution in [2.75, 3.05) is 11.9 Å². The molecule has 1 aliphatic rings. The van der Waals surface area contributed by atoms with E-state index in [0.717, 1.165) is 41.8 Å². The summed E-state index contributed by atoms with van der Waals surface area (Å²) in [7, 11) is 0. The van der Waals surface area contributed by atoms with Crippen molar-refractivity contribution in [1.29, 1.82) is 0 Å². The first kappa shape index (κ1) is 14.3. The van der Waals surface area contributed by atoms with Crippen molar-refractivity contribution in [3.8, 4) is 5.82 Å². The van der Waals surface area contributed by atoms with Crippen molar-refractivity contribution >= 4 is 17.4 Å². The van der Waals surface area contributed by atoms with Crippen LogP contribution >= 0.6 is 11.6 Å². The van der Waals surface area contributed by atoms with Crippen molar-refractivity contribution in [2.24, 2.45) is 0 Å². The summed E-state index contributed by atoms with van der Waals surface area (Å²) in [5.41, 5.74) is 1.74. The number of nitrogens with one attached hydrogen (secondary N) is 1. The van der Waals surface area contributed by atoms with Gasteiger partial charge >= 0.3 is 0 Å². The van der Waals surface area contributed by atoms with Crippen LogP contribution in [0.3, 0.4) is 0 Å². The monoisotopic (exact) mass is 305 g/mol. The number of hydrogen-bond acceptors (Lipinski definition) is 4. The van der Waals surface area contributed by atoms with Crippen molar-refractivity contribution in [1.82, 2.24) is 19.7 Å². The fraction of sp³-hybridized carbons (Fsp3) is 0.533. The Kier molecular flexibility index (Phi) is 3.85. The molecule has 2 aromatic heterocycles. The Labute approximate surface area is 129 Å². The molecule has 6 heteroatoms. The fourth-order valence-corrected chi connectivity index (χ4v) is 2.39. The molecule has 1 aliphatic carbocycles. The molecule has 0 bridgehead atoms. The third-order valence-electron chi connectivity index (χ3n) is 3.65. The minimum Gasteiger partial charge on any atom is -0.370 e. The van der Waals surface area contributed by atoms with Gasteiger partial charge in [-0.2, -0.15) is 5.10 Å². The third kappa shape index (κ3) is 2.88. The Hall–Kier alpha value is -1.62. The number of halogens is 1. The van der Waals surface area contributed by atoms with Crippen LogP contribution < -0.4 is 5.32 Å². The minimum absolute atomic E-state index is 0.500. The molecule has 1 fully saturated rings. The molecule has 21 heavy (non-hydrogen) atoms. The van der Waals surface area contributed by atoms with Crippen LogP contribution in [-0.4, -0.2) is 26.3 Å². The lowest BCUT2D eigenvalue weighted by molar-refractivity contribution is 0.780. The summed E-state index contributed by atoms with van der Waals surface area (Å²) in [6, 6.07) is 1.94. The summed E-state index contributed by atoms with van der Waals surface area (Å²) in [6.45, 7) is 6.90. The highest BCUT2D eigenvalue weighted by Gasteiger charge is 2.28. The molecule has 0 aliphatic heterocycles. The highest BCUT2D eigenvalue weighted by molar-refractivity contribution is 6.31. The number of nitrogens with zero attached hydrogens (tertiary/aromatic N) is 4. The van der Waals surface area contributed by atoms with Crippen molar-refractivity contribution in [3.05, 3.63) is 28.3 Å². The number of anilines is 1. The van der Waals surface area contributed by atoms with E-state index in [1.807, 2.05) is 24.6 Å². The van der Waals surface area contributed by atoms with Crippen LogP contribution in [0.1, 0.15) is 49.3 Å². The fourth-order valence-electron chi connectivity index (χ4n) is 2.28. The molecular weight excluding hydrogens is 286 g/mol. The van der Waals surface area contributed by atoms with Gasteiger partial charge in [-0.15, -0.1) is 0 Å². The van der Waals surface area contributed by atoms with Crippen LogP contribution in [0.5, 0.6) is 0 Å². The van der Waals surface area contributed by atoms with Gasteiger partial charge in [0, 0.05) is 18.5 Å². The molecule has 5 nitrogen and oxygen atoms in total. The Bertz CT molecular complexity index is 660. The minimum atomic E-state index is 0.500. The lowest BCUT2D eigenvalue weighted by Gasteiger charge is -2.10. The van der Waals surface area contributed by atoms with Crippen LogP contribution in [0.2, 0.25) is 5.02 Å². The summed E-state index contributed by atoms with van der Waals surface area (Å²) >= 11 is 6.24. The molecule has 2 aromatic rings. The highest BCUT2D eigenvalue weighted by Crippen LogP contribution is 2.38. The van der Waals surface area contributed by atoms with E-state index >= 15 is 0 Å². The van der Waals surface area contributed by atoms with Gasteiger partial charge in [-0.25, -0.2) is 14.6 Å². The summed E-state index contributed by atoms with van der Waals surface area (Å²) < 4.78 is 1.81. The van der Waals surface area contributed by atoms with Crippen molar-refractivity contribution in [3.63, 3.8) is 0 Å². The van der Waals surface area contributed by atoms with E-state index in [0.29, 0.717) is 10.9 Å². The zero-order valence-corrected chi connectivity index (χ0v) is 13.4. The normalized spacial score (nSPS) is 14.5. The number of hydrogen-bond donors (Lipinski definition) is 1. The number of aromatic nitrogens is 4. The molecule has 112 valence electrons. The molecule has 0 radical (unpaired) electrons. The molecule has 1 saturated carbocycles. The molecule has 0 spiro atoms. The van der Waals surface area contributed by atoms with Gasteiger partial charge in [0.05, 0.1) is 16.4 Å². The lowest BCUT2D eigenvalue weighted by atomic mass is 10.3. The van der Waals surface area contributed by atoms with E-state index in [1.165, 1.54) is 12.8 Å². The van der Waals surface area contributed by atoms with Gasteiger partial charge in [0.15, 0.2) is 5.82 Å². The largest absolute Gasteiger partial charge is 0.370 e. The third-order valence-corrected chi connectivity index (χ3v) is 4.20. The van der Waals surface area contributed by atoms with Crippen LogP contribution in [0, 0.1) is 13.8 Å². The van der Waals surface area contributed by atoms with Crippen LogP contribution in [0.4, 0.5) is 5.82 Å². The molecule has 1 N–H and O–H groups in total. The Morgan fingerprint density at radius 3 is 2.67 bits per heavy atom. The Morgan fingerprint density at radius 2 is 2.10 bits per heavy atom. The quantitative estimate of drug-likeness (QED) is 0.916. The molecule has 0 amide bonds. The maximum absolute atomic E-state index is 6.24. The standard InChI is InChI=1S/C15H20ClN5/c1-4-7-17-12-8-13(19-15(18-12)11-5-6-11)21-10(3)14(16)9(2)20-21/h8,11H,4-7H2,1-3H3,(H,17,18,19). The molecular formula is C15H20ClN5. The second kappa shape index (κ2) is 5.64. The Morgan fingerprint density at radius 1 is 1.33 bits per heavy atom. The maximum Gasteiger partial charge on any atom is 0.159 e. The molecule has 0 saturated heterocycles. The summed E-state index contributed by atoms with van der Waals surface area (Å²) in [6.07, 6.45) is 3.41. The highest BCUT2D eigenvalue weighted by atomic mass is 35.5. The van der Waals surface area contributed by atoms with Gasteiger partial charge in [0.1, 0.15) is 11.6 Å². The lowest BCUT2D eigenvalue weighted by Crippen LogP contribution is -2.09. The van der Waals surface area contributed by atoms with Crippen LogP contribution in [-0.2, 0) is 0 Å². The van der Waals surface area contributed by atoms with E-state index in [9.17, 15) is 0 Å². The van der Waals surface area contributed by atoms with E-state index < -0.39 is 0 Å². The second-order valence-electron chi connectivity index (χ2n) is 5.57. The van der Waals surface area contributed by atoms with Gasteiger partial charge in [-0.3, -0.25) is 0 Å². The van der Waals surface area contributed by atoms with Crippen LogP contribution in [0.25, 0.3) is 5.82 Å². The van der Waals surface area contributed by atoms with Gasteiger partial charge in [-0.1, -0.05) is 18.5 Å². The van der Waals surface area contributed by atoms with Crippen LogP contribution in [0.15, 0.2) is 6.07 Å². The van der Waals surface area contributed by atoms with Gasteiger partial charge in [0.2, 0.25) is 0 Å². The first-order valence-electron chi connectivity index (χ1n) is 7.45. The second-order valence-corrected chi connectivity index (χ2v) is 5.95. The van der Waals surface area contributed by atoms with Gasteiger partial charge < -0.3 is 5.32 Å². The van der Waals surface area contributed by atoms with Gasteiger partial charge in [0.25, 0.3) is 0 Å². The predicted molar refractivity (Wildman–Crippen MR) is 84.4 cm³/mol. The first-order valence-corrected chi connectivity index (χ1v) is 7.83. The zero-order chi connectivity index (χ0) is 15.0. The van der Waals surface area contributed by atoms with E-state index in [1.54, 1.807) is 0 Å². The summed E-state index contributed by atoms with van der Waals surface area (Å²) in [5, 5.41) is 8.53. The Balaban J connectivity index is 2.03. The summed E-state index contributed by atoms with van der Waals surface area (Å²) in [5.74, 6) is 3.07. The molecule has 0 atom stereocenters. The SMILES string of the molecule is CCCNc1cc(-n2nc(C)c(Cl)c2C)nc(C2CC2)n1. The van der Waals surface area contributed by atoms with Crippen molar-refractivity contribution < 1.29 is 0 Å². The maximum atomic E-state index is 6.24. The van der Waals surface area contributed by atoms with E-state index in [-0.39, 0.29) is 0 Å². The smallest absolute Gasteiger partial charge is 0.159 e. The topological polar surface area (TPSA) is 55.6 Å². The summed E-state index contributed by atoms with van der Waals surface area (Å²) in [4.78, 5) is 9.30. The first-order chi connectivity index (χ1) is 10.1. The molecule has 2 heterocycles. The van der Waals surface area contributed by atoms with E-state index in [2.05, 4.69) is 27.3 Å². The molecule has 0 aromatic carbocycles. The molecule has 3 rings (SSSR count).